The van der Waals surface area contributed by atoms with E-state index in [1.54, 1.807) is 32.1 Å². The van der Waals surface area contributed by atoms with Crippen LogP contribution in [0.25, 0.3) is 5.70 Å². The molecule has 1 atom stereocenters. The van der Waals surface area contributed by atoms with Crippen molar-refractivity contribution >= 4 is 23.0 Å². The molecular formula is C26H28N2O8S. The Hall–Kier alpha value is -3.96. The molecule has 2 heterocycles. The van der Waals surface area contributed by atoms with Crippen LogP contribution in [0.2, 0.25) is 0 Å². The number of carbonyl (C=O) groups is 1. The normalized spacial score (nSPS) is 16.5. The highest BCUT2D eigenvalue weighted by molar-refractivity contribution is 7.09. The Morgan fingerprint density at radius 1 is 1.14 bits per heavy atom. The third-order valence-corrected chi connectivity index (χ3v) is 7.03. The first-order chi connectivity index (χ1) is 17.5. The molecule has 1 aromatic heterocycles. The highest BCUT2D eigenvalue weighted by Crippen LogP contribution is 2.45. The molecule has 0 saturated carbocycles. The molecule has 0 amide bonds. The van der Waals surface area contributed by atoms with Crippen molar-refractivity contribution in [2.24, 2.45) is 0 Å². The first-order valence-electron chi connectivity index (χ1n) is 11.4. The van der Waals surface area contributed by atoms with Crippen molar-refractivity contribution in [1.29, 1.82) is 0 Å². The molecule has 0 radical (unpaired) electrons. The van der Waals surface area contributed by atoms with E-state index < -0.39 is 18.2 Å². The Morgan fingerprint density at radius 3 is 2.46 bits per heavy atom. The highest BCUT2D eigenvalue weighted by atomic mass is 32.1. The fraction of sp³-hybridized carbons (Fsp3) is 0.308. The molecule has 1 unspecified atom stereocenters. The Balaban J connectivity index is 1.55. The minimum absolute atomic E-state index is 0.115. The number of H-pyrrole nitrogens is 1. The third-order valence-electron chi connectivity index (χ3n) is 6.16. The molecule has 1 aliphatic heterocycles. The molecule has 196 valence electrons. The van der Waals surface area contributed by atoms with Crippen LogP contribution < -0.4 is 19.8 Å². The van der Waals surface area contributed by atoms with Gasteiger partial charge in [-0.05, 0) is 62.6 Å². The van der Waals surface area contributed by atoms with E-state index in [0.29, 0.717) is 45.2 Å². The second-order valence-electron chi connectivity index (χ2n) is 9.08. The van der Waals surface area contributed by atoms with Gasteiger partial charge in [-0.25, -0.2) is 4.79 Å². The highest BCUT2D eigenvalue weighted by Gasteiger charge is 2.36. The molecule has 0 fully saturated rings. The topological polar surface area (TPSA) is 150 Å². The van der Waals surface area contributed by atoms with E-state index in [0.717, 1.165) is 22.5 Å². The van der Waals surface area contributed by atoms with Gasteiger partial charge in [-0.15, -0.1) is 0 Å². The van der Waals surface area contributed by atoms with E-state index in [-0.39, 0.29) is 23.1 Å². The summed E-state index contributed by atoms with van der Waals surface area (Å²) in [7, 11) is 0. The van der Waals surface area contributed by atoms with Gasteiger partial charge >= 0.3 is 10.8 Å². The lowest BCUT2D eigenvalue weighted by Crippen LogP contribution is -2.41. The van der Waals surface area contributed by atoms with E-state index >= 15 is 0 Å². The standard InChI is InChI=1S/C26H28N2O8S/c1-13-14(2)23-21(15(3)22(13)31)18(28-35-11-20(29)30)10-26(4,36-23)12-34-17-7-5-16(6-8-17)9-19-24(32)27-25(33)37-19/h5-8,10,28,31-32H,9,11-12H2,1-4H3,(H,27,33)(H,29,30). The minimum atomic E-state index is -1.13. The fourth-order valence-corrected chi connectivity index (χ4v) is 4.87. The second kappa shape index (κ2) is 10.2. The number of hydrogen-bond acceptors (Lipinski definition) is 9. The monoisotopic (exact) mass is 528 g/mol. The Bertz CT molecular complexity index is 1420. The molecule has 5 N–H and O–H groups in total. The third kappa shape index (κ3) is 5.57. The first-order valence-corrected chi connectivity index (χ1v) is 12.3. The van der Waals surface area contributed by atoms with Crippen molar-refractivity contribution in [3.63, 3.8) is 0 Å². The van der Waals surface area contributed by atoms with Crippen molar-refractivity contribution in [1.82, 2.24) is 10.5 Å². The molecule has 0 aliphatic carbocycles. The lowest BCUT2D eigenvalue weighted by molar-refractivity contribution is -0.143. The van der Waals surface area contributed by atoms with Gasteiger partial charge in [-0.2, -0.15) is 0 Å². The molecule has 1 aliphatic rings. The number of ether oxygens (including phenoxy) is 2. The number of phenolic OH excluding ortho intramolecular Hbond substituents is 1. The average molecular weight is 529 g/mol. The van der Waals surface area contributed by atoms with Crippen molar-refractivity contribution < 1.29 is 34.4 Å². The van der Waals surface area contributed by atoms with Crippen LogP contribution in [0, 0.1) is 20.8 Å². The number of nitrogens with one attached hydrogen (secondary N) is 2. The zero-order valence-corrected chi connectivity index (χ0v) is 21.6. The van der Waals surface area contributed by atoms with Crippen LogP contribution in [0.15, 0.2) is 35.1 Å². The van der Waals surface area contributed by atoms with Crippen molar-refractivity contribution in [3.05, 3.63) is 72.7 Å². The molecule has 10 nitrogen and oxygen atoms in total. The van der Waals surface area contributed by atoms with Crippen LogP contribution in [-0.4, -0.2) is 45.1 Å². The SMILES string of the molecule is Cc1c(C)c2c(c(C)c1O)C(NOCC(=O)O)=CC(C)(COc1ccc(Cc3sc(=O)[nH]c3O)cc1)O2. The number of aromatic nitrogens is 1. The minimum Gasteiger partial charge on any atom is -0.507 e. The Morgan fingerprint density at radius 2 is 1.84 bits per heavy atom. The van der Waals surface area contributed by atoms with E-state index in [2.05, 4.69) is 10.5 Å². The zero-order chi connectivity index (χ0) is 26.9. The van der Waals surface area contributed by atoms with E-state index in [9.17, 15) is 19.8 Å². The Kier molecular flexibility index (Phi) is 7.19. The van der Waals surface area contributed by atoms with Gasteiger partial charge in [0.25, 0.3) is 0 Å². The lowest BCUT2D eigenvalue weighted by atomic mass is 9.90. The molecule has 11 heteroatoms. The number of benzene rings is 2. The van der Waals surface area contributed by atoms with Crippen LogP contribution in [0.3, 0.4) is 0 Å². The number of thiazole rings is 1. The van der Waals surface area contributed by atoms with Crippen molar-refractivity contribution in [2.45, 2.75) is 39.7 Å². The van der Waals surface area contributed by atoms with E-state index in [4.69, 9.17) is 19.4 Å². The molecule has 0 saturated heterocycles. The van der Waals surface area contributed by atoms with Crippen molar-refractivity contribution in [3.8, 4) is 23.1 Å². The Labute approximate surface area is 216 Å². The molecule has 0 spiro atoms. The molecule has 4 rings (SSSR count). The van der Waals surface area contributed by atoms with Gasteiger partial charge in [0.1, 0.15) is 23.9 Å². The number of carboxylic acids is 1. The second-order valence-corrected chi connectivity index (χ2v) is 10.1. The van der Waals surface area contributed by atoms with Gasteiger partial charge in [-0.3, -0.25) is 20.1 Å². The summed E-state index contributed by atoms with van der Waals surface area (Å²) in [6.45, 7) is 6.79. The fourth-order valence-electron chi connectivity index (χ4n) is 4.11. The zero-order valence-electron chi connectivity index (χ0n) is 20.8. The number of aromatic hydroxyl groups is 2. The number of fused-ring (bicyclic) bond motifs is 1. The van der Waals surface area contributed by atoms with Crippen LogP contribution in [0.1, 0.15) is 39.6 Å². The summed E-state index contributed by atoms with van der Waals surface area (Å²) in [5.74, 6) is 0.0196. The summed E-state index contributed by atoms with van der Waals surface area (Å²) in [4.78, 5) is 30.1. The smallest absolute Gasteiger partial charge is 0.332 e. The van der Waals surface area contributed by atoms with Crippen LogP contribution >= 0.6 is 11.3 Å². The van der Waals surface area contributed by atoms with Gasteiger partial charge < -0.3 is 24.8 Å². The number of carboxylic acid groups (broad SMARTS) is 1. The number of hydroxylamine groups is 1. The molecule has 3 aromatic rings. The summed E-state index contributed by atoms with van der Waals surface area (Å²) in [6, 6.07) is 7.28. The van der Waals surface area contributed by atoms with Gasteiger partial charge in [0, 0.05) is 17.5 Å². The predicted molar refractivity (Wildman–Crippen MR) is 137 cm³/mol. The van der Waals surface area contributed by atoms with Gasteiger partial charge in [0.15, 0.2) is 12.2 Å². The lowest BCUT2D eigenvalue weighted by Gasteiger charge is -2.36. The average Bonchev–Trinajstić information content (AvgIpc) is 3.16. The van der Waals surface area contributed by atoms with Crippen LogP contribution in [0.5, 0.6) is 23.1 Å². The van der Waals surface area contributed by atoms with Crippen molar-refractivity contribution in [2.75, 3.05) is 13.2 Å². The summed E-state index contributed by atoms with van der Waals surface area (Å²) < 4.78 is 12.4. The van der Waals surface area contributed by atoms with E-state index in [1.165, 1.54) is 0 Å². The predicted octanol–water partition coefficient (Wildman–Crippen LogP) is 3.54. The molecule has 37 heavy (non-hydrogen) atoms. The number of aliphatic carboxylic acids is 1. The number of phenols is 1. The number of aromatic amines is 1. The molecule has 2 aromatic carbocycles. The number of rotatable bonds is 9. The summed E-state index contributed by atoms with van der Waals surface area (Å²) in [5, 5.41) is 29.3. The maximum Gasteiger partial charge on any atom is 0.332 e. The first kappa shape index (κ1) is 26.1. The molecular weight excluding hydrogens is 500 g/mol. The summed E-state index contributed by atoms with van der Waals surface area (Å²) in [5.41, 5.74) is 5.70. The number of hydrogen-bond donors (Lipinski definition) is 5. The quantitative estimate of drug-likeness (QED) is 0.263. The maximum absolute atomic E-state index is 11.4. The maximum atomic E-state index is 11.4. The molecule has 0 bridgehead atoms. The summed E-state index contributed by atoms with van der Waals surface area (Å²) in [6.07, 6.45) is 2.15. The van der Waals surface area contributed by atoms with Gasteiger partial charge in [0.2, 0.25) is 5.88 Å². The van der Waals surface area contributed by atoms with Gasteiger partial charge in [0.05, 0.1) is 10.6 Å². The van der Waals surface area contributed by atoms with E-state index in [1.807, 2.05) is 26.0 Å². The van der Waals surface area contributed by atoms with Crippen LogP contribution in [0.4, 0.5) is 0 Å². The largest absolute Gasteiger partial charge is 0.507 e. The summed E-state index contributed by atoms with van der Waals surface area (Å²) >= 11 is 0.968. The van der Waals surface area contributed by atoms with Crippen LogP contribution in [-0.2, 0) is 16.1 Å². The van der Waals surface area contributed by atoms with Gasteiger partial charge in [-0.1, -0.05) is 23.5 Å².